The van der Waals surface area contributed by atoms with Crippen LogP contribution in [0.15, 0.2) is 72.8 Å². The highest BCUT2D eigenvalue weighted by Gasteiger charge is 2.68. The summed E-state index contributed by atoms with van der Waals surface area (Å²) in [6.07, 6.45) is 0.905. The fourth-order valence-corrected chi connectivity index (χ4v) is 6.53. The number of carbonyl (C=O) groups is 3. The van der Waals surface area contributed by atoms with Gasteiger partial charge in [0.2, 0.25) is 11.8 Å². The number of carbonyl (C=O) groups excluding carboxylic acids is 3. The molecule has 7 rings (SSSR count). The minimum absolute atomic E-state index is 0.214. The maximum Gasteiger partial charge on any atom is 0.239 e. The number of halogens is 1. The first-order chi connectivity index (χ1) is 14.6. The number of aldehydes is 1. The molecule has 2 atom stereocenters. The summed E-state index contributed by atoms with van der Waals surface area (Å²) in [6.45, 7) is 0. The van der Waals surface area contributed by atoms with E-state index in [4.69, 9.17) is 0 Å². The molecule has 30 heavy (non-hydrogen) atoms. The lowest BCUT2D eigenvalue weighted by atomic mass is 9.48. The van der Waals surface area contributed by atoms with Gasteiger partial charge in [-0.2, -0.15) is 0 Å². The highest BCUT2D eigenvalue weighted by Crippen LogP contribution is 2.63. The second-order valence-electron chi connectivity index (χ2n) is 8.11. The van der Waals surface area contributed by atoms with E-state index in [0.29, 0.717) is 5.69 Å². The predicted molar refractivity (Wildman–Crippen MR) is 120 cm³/mol. The Morgan fingerprint density at radius 3 is 1.97 bits per heavy atom. The number of nitrogens with zero attached hydrogens (tertiary/aromatic N) is 1. The van der Waals surface area contributed by atoms with Crippen LogP contribution in [0.4, 0.5) is 5.69 Å². The molecule has 3 aromatic carbocycles. The van der Waals surface area contributed by atoms with E-state index in [9.17, 15) is 14.4 Å². The molecule has 1 fully saturated rings. The van der Waals surface area contributed by atoms with Crippen LogP contribution < -0.4 is 4.90 Å². The van der Waals surface area contributed by atoms with Crippen LogP contribution in [0.3, 0.4) is 0 Å². The SMILES string of the molecule is O=CC12c3ccccc3C(c3ccccc31)C1C(=O)N(c3ccccc3I)C(=O)C12. The molecular weight excluding hydrogens is 489 g/mol. The quantitative estimate of drug-likeness (QED) is 0.300. The summed E-state index contributed by atoms with van der Waals surface area (Å²) < 4.78 is 0.831. The van der Waals surface area contributed by atoms with Crippen LogP contribution in [0.5, 0.6) is 0 Å². The summed E-state index contributed by atoms with van der Waals surface area (Å²) in [7, 11) is 0. The molecule has 1 aliphatic heterocycles. The zero-order chi connectivity index (χ0) is 20.6. The summed E-state index contributed by atoms with van der Waals surface area (Å²) in [5.41, 5.74) is 3.13. The first-order valence-corrected chi connectivity index (χ1v) is 11.0. The van der Waals surface area contributed by atoms with Gasteiger partial charge in [-0.1, -0.05) is 60.7 Å². The van der Waals surface area contributed by atoms with Crippen LogP contribution >= 0.6 is 22.6 Å². The molecule has 3 aliphatic carbocycles. The number of hydrogen-bond donors (Lipinski definition) is 0. The summed E-state index contributed by atoms with van der Waals surface area (Å²) in [4.78, 5) is 41.8. The van der Waals surface area contributed by atoms with E-state index in [-0.39, 0.29) is 17.7 Å². The third-order valence-corrected chi connectivity index (χ3v) is 7.88. The van der Waals surface area contributed by atoms with E-state index in [1.165, 1.54) is 4.90 Å². The normalized spacial score (nSPS) is 28.2. The predicted octanol–water partition coefficient (Wildman–Crippen LogP) is 4.04. The number of para-hydroxylation sites is 1. The number of rotatable bonds is 2. The van der Waals surface area contributed by atoms with Crippen molar-refractivity contribution in [2.24, 2.45) is 11.8 Å². The van der Waals surface area contributed by atoms with Gasteiger partial charge in [0.25, 0.3) is 0 Å². The van der Waals surface area contributed by atoms with Crippen LogP contribution in [0.2, 0.25) is 0 Å². The Morgan fingerprint density at radius 2 is 1.37 bits per heavy atom. The van der Waals surface area contributed by atoms with Crippen molar-refractivity contribution in [1.82, 2.24) is 0 Å². The van der Waals surface area contributed by atoms with Crippen molar-refractivity contribution in [2.45, 2.75) is 11.3 Å². The molecular formula is C25H16INO3. The second kappa shape index (κ2) is 6.11. The molecule has 2 bridgehead atoms. The van der Waals surface area contributed by atoms with Crippen molar-refractivity contribution in [2.75, 3.05) is 4.90 Å². The van der Waals surface area contributed by atoms with Crippen molar-refractivity contribution in [1.29, 1.82) is 0 Å². The van der Waals surface area contributed by atoms with E-state index in [1.54, 1.807) is 6.07 Å². The fraction of sp³-hybridized carbons (Fsp3) is 0.160. The van der Waals surface area contributed by atoms with Crippen molar-refractivity contribution in [3.63, 3.8) is 0 Å². The Morgan fingerprint density at radius 1 is 0.800 bits per heavy atom. The van der Waals surface area contributed by atoms with Crippen LogP contribution in [0, 0.1) is 15.4 Å². The lowest BCUT2D eigenvalue weighted by molar-refractivity contribution is -0.128. The van der Waals surface area contributed by atoms with Gasteiger partial charge in [-0.05, 0) is 57.0 Å². The maximum absolute atomic E-state index is 13.8. The first-order valence-electron chi connectivity index (χ1n) is 9.88. The number of benzene rings is 3. The number of amides is 2. The number of hydrogen-bond acceptors (Lipinski definition) is 3. The first kappa shape index (κ1) is 18.0. The minimum atomic E-state index is -1.14. The summed E-state index contributed by atoms with van der Waals surface area (Å²) >= 11 is 2.15. The van der Waals surface area contributed by atoms with Gasteiger partial charge in [-0.25, -0.2) is 4.90 Å². The molecule has 3 aromatic rings. The largest absolute Gasteiger partial charge is 0.302 e. The standard InChI is InChI=1S/C25H16INO3/c26-18-11-5-6-12-19(18)27-23(29)21-20-14-7-1-3-9-16(14)25(13-28,22(21)24(27)30)17-10-4-2-8-15(17)20/h1-13,20-22H. The summed E-state index contributed by atoms with van der Waals surface area (Å²) in [5, 5.41) is 0. The zero-order valence-corrected chi connectivity index (χ0v) is 17.9. The summed E-state index contributed by atoms with van der Waals surface area (Å²) in [5.74, 6) is -2.03. The monoisotopic (exact) mass is 505 g/mol. The Balaban J connectivity index is 1.67. The highest BCUT2D eigenvalue weighted by atomic mass is 127. The molecule has 5 heteroatoms. The topological polar surface area (TPSA) is 54.5 Å². The van der Waals surface area contributed by atoms with Gasteiger partial charge in [0.15, 0.2) is 0 Å². The molecule has 0 saturated carbocycles. The highest BCUT2D eigenvalue weighted by molar-refractivity contribution is 14.1. The molecule has 0 N–H and O–H groups in total. The van der Waals surface area contributed by atoms with Gasteiger partial charge >= 0.3 is 0 Å². The Kier molecular flexibility index (Phi) is 3.67. The lowest BCUT2D eigenvalue weighted by Gasteiger charge is -2.51. The maximum atomic E-state index is 13.8. The second-order valence-corrected chi connectivity index (χ2v) is 9.27. The third-order valence-electron chi connectivity index (χ3n) is 6.96. The van der Waals surface area contributed by atoms with E-state index in [1.807, 2.05) is 66.7 Å². The van der Waals surface area contributed by atoms with Crippen LogP contribution in [0.1, 0.15) is 28.2 Å². The van der Waals surface area contributed by atoms with Crippen molar-refractivity contribution in [3.8, 4) is 0 Å². The average molecular weight is 505 g/mol. The van der Waals surface area contributed by atoms with Crippen LogP contribution in [0.25, 0.3) is 0 Å². The number of imide groups is 1. The Labute approximate surface area is 187 Å². The molecule has 2 amide bonds. The third kappa shape index (κ3) is 1.94. The van der Waals surface area contributed by atoms with Gasteiger partial charge in [-0.15, -0.1) is 0 Å². The van der Waals surface area contributed by atoms with Crippen molar-refractivity contribution >= 4 is 46.4 Å². The van der Waals surface area contributed by atoms with Crippen LogP contribution in [-0.2, 0) is 19.8 Å². The number of anilines is 1. The van der Waals surface area contributed by atoms with E-state index < -0.39 is 17.3 Å². The molecule has 4 aliphatic rings. The van der Waals surface area contributed by atoms with Gasteiger partial charge in [-0.3, -0.25) is 9.59 Å². The summed E-state index contributed by atoms with van der Waals surface area (Å²) in [6, 6.07) is 22.9. The molecule has 4 nitrogen and oxygen atoms in total. The smallest absolute Gasteiger partial charge is 0.239 e. The van der Waals surface area contributed by atoms with E-state index >= 15 is 0 Å². The van der Waals surface area contributed by atoms with Gasteiger partial charge < -0.3 is 4.79 Å². The van der Waals surface area contributed by atoms with Gasteiger partial charge in [0.1, 0.15) is 6.29 Å². The van der Waals surface area contributed by atoms with Crippen LogP contribution in [-0.4, -0.2) is 18.1 Å². The Bertz CT molecular complexity index is 1220. The van der Waals surface area contributed by atoms with Gasteiger partial charge in [0, 0.05) is 9.49 Å². The molecule has 0 radical (unpaired) electrons. The molecule has 1 saturated heterocycles. The molecule has 2 unspecified atom stereocenters. The molecule has 0 aromatic heterocycles. The minimum Gasteiger partial charge on any atom is -0.302 e. The van der Waals surface area contributed by atoms with E-state index in [0.717, 1.165) is 32.1 Å². The lowest BCUT2D eigenvalue weighted by Crippen LogP contribution is -2.54. The van der Waals surface area contributed by atoms with Crippen molar-refractivity contribution < 1.29 is 14.4 Å². The van der Waals surface area contributed by atoms with Gasteiger partial charge in [0.05, 0.1) is 22.9 Å². The van der Waals surface area contributed by atoms with Crippen molar-refractivity contribution in [3.05, 3.63) is 98.6 Å². The average Bonchev–Trinajstić information content (AvgIpc) is 3.05. The molecule has 1 heterocycles. The molecule has 0 spiro atoms. The van der Waals surface area contributed by atoms with E-state index in [2.05, 4.69) is 22.6 Å². The Hall–Kier alpha value is -2.80. The fourth-order valence-electron chi connectivity index (χ4n) is 5.90. The molecule has 146 valence electrons. The zero-order valence-electron chi connectivity index (χ0n) is 15.8.